The van der Waals surface area contributed by atoms with Gasteiger partial charge in [-0.2, -0.15) is 0 Å². The lowest BCUT2D eigenvalue weighted by molar-refractivity contribution is 0.217. The molecule has 1 saturated carbocycles. The summed E-state index contributed by atoms with van der Waals surface area (Å²) in [6.45, 7) is 2.02. The SMILES string of the molecule is COc1cc(Cl)c(C)cc1NC1CC2CC=CC21. The first-order valence-electron chi connectivity index (χ1n) is 6.46. The number of anilines is 1. The summed E-state index contributed by atoms with van der Waals surface area (Å²) in [4.78, 5) is 0. The normalized spacial score (nSPS) is 28.7. The number of methoxy groups -OCH3 is 1. The summed E-state index contributed by atoms with van der Waals surface area (Å²) in [6.07, 6.45) is 7.16. The first-order valence-corrected chi connectivity index (χ1v) is 6.84. The van der Waals surface area contributed by atoms with E-state index in [0.717, 1.165) is 27.9 Å². The molecule has 0 heterocycles. The quantitative estimate of drug-likeness (QED) is 0.832. The summed E-state index contributed by atoms with van der Waals surface area (Å²) >= 11 is 6.12. The van der Waals surface area contributed by atoms with E-state index in [2.05, 4.69) is 23.5 Å². The number of hydrogen-bond donors (Lipinski definition) is 1. The van der Waals surface area contributed by atoms with Crippen LogP contribution in [0.3, 0.4) is 0 Å². The highest BCUT2D eigenvalue weighted by Crippen LogP contribution is 2.45. The Hall–Kier alpha value is -1.15. The van der Waals surface area contributed by atoms with Gasteiger partial charge in [-0.25, -0.2) is 0 Å². The van der Waals surface area contributed by atoms with Gasteiger partial charge in [-0.3, -0.25) is 0 Å². The lowest BCUT2D eigenvalue weighted by atomic mass is 9.71. The van der Waals surface area contributed by atoms with Gasteiger partial charge in [0.2, 0.25) is 0 Å². The van der Waals surface area contributed by atoms with Gasteiger partial charge in [-0.1, -0.05) is 23.8 Å². The van der Waals surface area contributed by atoms with Gasteiger partial charge in [-0.15, -0.1) is 0 Å². The molecule has 1 fully saturated rings. The Morgan fingerprint density at radius 1 is 1.39 bits per heavy atom. The van der Waals surface area contributed by atoms with Crippen molar-refractivity contribution in [3.8, 4) is 5.75 Å². The van der Waals surface area contributed by atoms with Crippen molar-refractivity contribution < 1.29 is 4.74 Å². The molecule has 2 aliphatic rings. The maximum Gasteiger partial charge on any atom is 0.143 e. The van der Waals surface area contributed by atoms with Gasteiger partial charge in [0.05, 0.1) is 12.8 Å². The molecule has 0 aromatic heterocycles. The maximum atomic E-state index is 6.12. The second kappa shape index (κ2) is 4.51. The minimum atomic E-state index is 0.545. The molecule has 0 aliphatic heterocycles. The second-order valence-corrected chi connectivity index (χ2v) is 5.70. The van der Waals surface area contributed by atoms with Gasteiger partial charge in [0, 0.05) is 23.0 Å². The molecule has 2 aliphatic carbocycles. The standard InChI is InChI=1S/C15H18ClNO/c1-9-6-14(15(18-2)8-12(9)16)17-13-7-10-4-3-5-11(10)13/h3,5-6,8,10-11,13,17H,4,7H2,1-2H3. The fraction of sp³-hybridized carbons (Fsp3) is 0.467. The number of fused-ring (bicyclic) bond motifs is 1. The molecule has 96 valence electrons. The van der Waals surface area contributed by atoms with Gasteiger partial charge in [0.1, 0.15) is 5.75 Å². The fourth-order valence-corrected chi connectivity index (χ4v) is 3.18. The summed E-state index contributed by atoms with van der Waals surface area (Å²) in [5.41, 5.74) is 2.14. The molecule has 0 radical (unpaired) electrons. The zero-order chi connectivity index (χ0) is 12.7. The molecule has 0 saturated heterocycles. The van der Waals surface area contributed by atoms with Crippen LogP contribution in [-0.2, 0) is 0 Å². The molecule has 0 spiro atoms. The molecular formula is C15H18ClNO. The van der Waals surface area contributed by atoms with Crippen LogP contribution in [0.1, 0.15) is 18.4 Å². The van der Waals surface area contributed by atoms with Crippen molar-refractivity contribution in [1.82, 2.24) is 0 Å². The van der Waals surface area contributed by atoms with E-state index in [0.29, 0.717) is 12.0 Å². The van der Waals surface area contributed by atoms with Crippen molar-refractivity contribution in [2.24, 2.45) is 11.8 Å². The fourth-order valence-electron chi connectivity index (χ4n) is 3.03. The van der Waals surface area contributed by atoms with E-state index in [4.69, 9.17) is 16.3 Å². The van der Waals surface area contributed by atoms with E-state index < -0.39 is 0 Å². The number of allylic oxidation sites excluding steroid dienone is 1. The van der Waals surface area contributed by atoms with E-state index in [1.54, 1.807) is 7.11 Å². The van der Waals surface area contributed by atoms with Gasteiger partial charge in [0.25, 0.3) is 0 Å². The summed E-state index contributed by atoms with van der Waals surface area (Å²) in [6, 6.07) is 4.51. The van der Waals surface area contributed by atoms with Gasteiger partial charge < -0.3 is 10.1 Å². The lowest BCUT2D eigenvalue weighted by Gasteiger charge is -2.41. The first kappa shape index (κ1) is 11.9. The third-order valence-electron chi connectivity index (χ3n) is 4.18. The Labute approximate surface area is 113 Å². The Balaban J connectivity index is 1.80. The average Bonchev–Trinajstić information content (AvgIpc) is 2.71. The number of benzene rings is 1. The molecule has 3 heteroatoms. The third kappa shape index (κ3) is 1.89. The Bertz CT molecular complexity index is 498. The zero-order valence-electron chi connectivity index (χ0n) is 10.7. The van der Waals surface area contributed by atoms with Crippen LogP contribution in [0.2, 0.25) is 5.02 Å². The Morgan fingerprint density at radius 3 is 2.94 bits per heavy atom. The van der Waals surface area contributed by atoms with E-state index in [1.165, 1.54) is 12.8 Å². The molecule has 3 rings (SSSR count). The summed E-state index contributed by atoms with van der Waals surface area (Å²) < 4.78 is 5.40. The van der Waals surface area contributed by atoms with Crippen molar-refractivity contribution in [2.45, 2.75) is 25.8 Å². The van der Waals surface area contributed by atoms with Gasteiger partial charge in [0.15, 0.2) is 0 Å². The maximum absolute atomic E-state index is 6.12. The molecule has 0 bridgehead atoms. The number of rotatable bonds is 3. The predicted octanol–water partition coefficient (Wildman–Crippen LogP) is 4.03. The largest absolute Gasteiger partial charge is 0.495 e. The third-order valence-corrected chi connectivity index (χ3v) is 4.59. The molecule has 3 atom stereocenters. The summed E-state index contributed by atoms with van der Waals surface area (Å²) in [5.74, 6) is 2.39. The predicted molar refractivity (Wildman–Crippen MR) is 75.5 cm³/mol. The highest BCUT2D eigenvalue weighted by atomic mass is 35.5. The van der Waals surface area contributed by atoms with Crippen LogP contribution in [0.25, 0.3) is 0 Å². The van der Waals surface area contributed by atoms with E-state index >= 15 is 0 Å². The molecule has 18 heavy (non-hydrogen) atoms. The van der Waals surface area contributed by atoms with Gasteiger partial charge >= 0.3 is 0 Å². The van der Waals surface area contributed by atoms with Crippen LogP contribution in [0.15, 0.2) is 24.3 Å². The average molecular weight is 264 g/mol. The van der Waals surface area contributed by atoms with Crippen molar-refractivity contribution in [2.75, 3.05) is 12.4 Å². The van der Waals surface area contributed by atoms with Crippen LogP contribution in [0.5, 0.6) is 5.75 Å². The lowest BCUT2D eigenvalue weighted by Crippen LogP contribution is -2.43. The monoisotopic (exact) mass is 263 g/mol. The van der Waals surface area contributed by atoms with Crippen molar-refractivity contribution in [1.29, 1.82) is 0 Å². The minimum Gasteiger partial charge on any atom is -0.495 e. The van der Waals surface area contributed by atoms with Crippen LogP contribution in [0.4, 0.5) is 5.69 Å². The number of halogens is 1. The van der Waals surface area contributed by atoms with Crippen molar-refractivity contribution in [3.05, 3.63) is 34.9 Å². The molecule has 1 aromatic carbocycles. The van der Waals surface area contributed by atoms with Gasteiger partial charge in [-0.05, 0) is 37.3 Å². The molecule has 2 nitrogen and oxygen atoms in total. The van der Waals surface area contributed by atoms with Crippen LogP contribution < -0.4 is 10.1 Å². The molecule has 1 aromatic rings. The number of aryl methyl sites for hydroxylation is 1. The summed E-state index contributed by atoms with van der Waals surface area (Å²) in [7, 11) is 1.69. The topological polar surface area (TPSA) is 21.3 Å². The zero-order valence-corrected chi connectivity index (χ0v) is 11.5. The molecule has 0 amide bonds. The van der Waals surface area contributed by atoms with Crippen molar-refractivity contribution >= 4 is 17.3 Å². The van der Waals surface area contributed by atoms with Crippen molar-refractivity contribution in [3.63, 3.8) is 0 Å². The van der Waals surface area contributed by atoms with Crippen LogP contribution in [0, 0.1) is 18.8 Å². The van der Waals surface area contributed by atoms with E-state index in [-0.39, 0.29) is 0 Å². The smallest absolute Gasteiger partial charge is 0.143 e. The molecular weight excluding hydrogens is 246 g/mol. The first-order chi connectivity index (χ1) is 8.69. The van der Waals surface area contributed by atoms with Crippen LogP contribution >= 0.6 is 11.6 Å². The Kier molecular flexibility index (Phi) is 2.98. The highest BCUT2D eigenvalue weighted by molar-refractivity contribution is 6.31. The minimum absolute atomic E-state index is 0.545. The number of hydrogen-bond acceptors (Lipinski definition) is 2. The number of nitrogens with one attached hydrogen (secondary N) is 1. The van der Waals surface area contributed by atoms with E-state index in [9.17, 15) is 0 Å². The Morgan fingerprint density at radius 2 is 2.22 bits per heavy atom. The molecule has 1 N–H and O–H groups in total. The summed E-state index contributed by atoms with van der Waals surface area (Å²) in [5, 5.41) is 4.36. The van der Waals surface area contributed by atoms with Crippen LogP contribution in [-0.4, -0.2) is 13.2 Å². The second-order valence-electron chi connectivity index (χ2n) is 5.29. The van der Waals surface area contributed by atoms with E-state index in [1.807, 2.05) is 13.0 Å². The molecule has 3 unspecified atom stereocenters. The number of ether oxygens (including phenoxy) is 1. The highest BCUT2D eigenvalue weighted by Gasteiger charge is 2.41.